The van der Waals surface area contributed by atoms with Crippen LogP contribution >= 0.6 is 11.3 Å². The van der Waals surface area contributed by atoms with E-state index in [1.165, 1.54) is 11.3 Å². The number of rotatable bonds is 3. The standard InChI is InChI=1S/C14H17N5O2S/c1-9-10(2)22-14(15-9)16-13(20)11-3-4-12(18-17-11)19-5-7-21-8-6-19/h3-4H,5-8H2,1-2H3,(H,15,16,20). The Morgan fingerprint density at radius 1 is 1.27 bits per heavy atom. The van der Waals surface area contributed by atoms with Gasteiger partial charge in [0.05, 0.1) is 18.9 Å². The molecular weight excluding hydrogens is 302 g/mol. The Kier molecular flexibility index (Phi) is 4.30. The van der Waals surface area contributed by atoms with Gasteiger partial charge in [0.25, 0.3) is 5.91 Å². The second-order valence-electron chi connectivity index (χ2n) is 4.99. The van der Waals surface area contributed by atoms with E-state index < -0.39 is 0 Å². The lowest BCUT2D eigenvalue weighted by Gasteiger charge is -2.27. The average Bonchev–Trinajstić information content (AvgIpc) is 2.86. The van der Waals surface area contributed by atoms with Gasteiger partial charge in [-0.15, -0.1) is 21.5 Å². The lowest BCUT2D eigenvalue weighted by Crippen LogP contribution is -2.37. The van der Waals surface area contributed by atoms with Crippen molar-refractivity contribution in [2.45, 2.75) is 13.8 Å². The number of anilines is 2. The highest BCUT2D eigenvalue weighted by molar-refractivity contribution is 7.15. The minimum Gasteiger partial charge on any atom is -0.378 e. The predicted octanol–water partition coefficient (Wildman–Crippen LogP) is 1.64. The quantitative estimate of drug-likeness (QED) is 0.926. The van der Waals surface area contributed by atoms with Crippen molar-refractivity contribution >= 4 is 28.2 Å². The number of nitrogens with one attached hydrogen (secondary N) is 1. The van der Waals surface area contributed by atoms with E-state index >= 15 is 0 Å². The maximum absolute atomic E-state index is 12.1. The maximum Gasteiger partial charge on any atom is 0.277 e. The molecule has 0 atom stereocenters. The first-order chi connectivity index (χ1) is 10.6. The van der Waals surface area contributed by atoms with Gasteiger partial charge in [-0.3, -0.25) is 10.1 Å². The highest BCUT2D eigenvalue weighted by atomic mass is 32.1. The number of aromatic nitrogens is 3. The molecule has 7 nitrogen and oxygen atoms in total. The van der Waals surface area contributed by atoms with Crippen LogP contribution in [-0.2, 0) is 4.74 Å². The van der Waals surface area contributed by atoms with Crippen molar-refractivity contribution in [3.63, 3.8) is 0 Å². The smallest absolute Gasteiger partial charge is 0.277 e. The van der Waals surface area contributed by atoms with E-state index in [0.717, 1.165) is 29.5 Å². The molecular formula is C14H17N5O2S. The Hall–Kier alpha value is -2.06. The molecule has 0 aromatic carbocycles. The molecule has 1 fully saturated rings. The van der Waals surface area contributed by atoms with Crippen molar-refractivity contribution in [3.8, 4) is 0 Å². The summed E-state index contributed by atoms with van der Waals surface area (Å²) in [6.45, 7) is 6.84. The van der Waals surface area contributed by atoms with Gasteiger partial charge in [-0.25, -0.2) is 4.98 Å². The van der Waals surface area contributed by atoms with Gasteiger partial charge in [0.15, 0.2) is 16.6 Å². The van der Waals surface area contributed by atoms with Crippen LogP contribution in [0.1, 0.15) is 21.1 Å². The summed E-state index contributed by atoms with van der Waals surface area (Å²) in [5.41, 5.74) is 1.21. The summed E-state index contributed by atoms with van der Waals surface area (Å²) in [5.74, 6) is 0.468. The van der Waals surface area contributed by atoms with Crippen molar-refractivity contribution in [2.24, 2.45) is 0 Å². The predicted molar refractivity (Wildman–Crippen MR) is 84.6 cm³/mol. The van der Waals surface area contributed by atoms with Crippen molar-refractivity contribution in [3.05, 3.63) is 28.4 Å². The summed E-state index contributed by atoms with van der Waals surface area (Å²) in [6.07, 6.45) is 0. The molecule has 0 unspecified atom stereocenters. The van der Waals surface area contributed by atoms with E-state index in [0.29, 0.717) is 18.3 Å². The first kappa shape index (κ1) is 14.9. The van der Waals surface area contributed by atoms with Crippen LogP contribution in [0, 0.1) is 13.8 Å². The number of hydrogen-bond acceptors (Lipinski definition) is 7. The van der Waals surface area contributed by atoms with E-state index in [2.05, 4.69) is 25.4 Å². The number of nitrogens with zero attached hydrogens (tertiary/aromatic N) is 4. The zero-order chi connectivity index (χ0) is 15.5. The highest BCUT2D eigenvalue weighted by Gasteiger charge is 2.15. The van der Waals surface area contributed by atoms with Crippen LogP contribution in [0.3, 0.4) is 0 Å². The summed E-state index contributed by atoms with van der Waals surface area (Å²) < 4.78 is 5.30. The number of thiazole rings is 1. The van der Waals surface area contributed by atoms with Crippen molar-refractivity contribution < 1.29 is 9.53 Å². The van der Waals surface area contributed by atoms with Crippen molar-refractivity contribution in [1.82, 2.24) is 15.2 Å². The number of ether oxygens (including phenoxy) is 1. The van der Waals surface area contributed by atoms with E-state index in [-0.39, 0.29) is 11.6 Å². The second-order valence-corrected chi connectivity index (χ2v) is 6.19. The molecule has 1 aliphatic heterocycles. The fraction of sp³-hybridized carbons (Fsp3) is 0.429. The SMILES string of the molecule is Cc1nc(NC(=O)c2ccc(N3CCOCC3)nn2)sc1C. The van der Waals surface area contributed by atoms with Crippen LogP contribution < -0.4 is 10.2 Å². The summed E-state index contributed by atoms with van der Waals surface area (Å²) in [4.78, 5) is 19.6. The lowest BCUT2D eigenvalue weighted by atomic mass is 10.3. The molecule has 2 aromatic rings. The Balaban J connectivity index is 1.67. The van der Waals surface area contributed by atoms with Crippen LogP contribution in [-0.4, -0.2) is 47.4 Å². The summed E-state index contributed by atoms with van der Waals surface area (Å²) in [5, 5.41) is 11.5. The minimum absolute atomic E-state index is 0.280. The van der Waals surface area contributed by atoms with Gasteiger partial charge in [-0.1, -0.05) is 0 Å². The molecule has 1 saturated heterocycles. The molecule has 3 rings (SSSR count). The van der Waals surface area contributed by atoms with Gasteiger partial charge in [0, 0.05) is 18.0 Å². The third kappa shape index (κ3) is 3.23. The zero-order valence-electron chi connectivity index (χ0n) is 12.5. The first-order valence-corrected chi connectivity index (χ1v) is 7.87. The molecule has 22 heavy (non-hydrogen) atoms. The summed E-state index contributed by atoms with van der Waals surface area (Å²) >= 11 is 1.45. The van der Waals surface area contributed by atoms with Gasteiger partial charge in [0.2, 0.25) is 0 Å². The first-order valence-electron chi connectivity index (χ1n) is 7.05. The number of carbonyl (C=O) groups excluding carboxylic acids is 1. The van der Waals surface area contributed by atoms with E-state index in [4.69, 9.17) is 4.74 Å². The third-order valence-corrected chi connectivity index (χ3v) is 4.46. The van der Waals surface area contributed by atoms with Crippen LogP contribution in [0.25, 0.3) is 0 Å². The Labute approximate surface area is 132 Å². The fourth-order valence-electron chi connectivity index (χ4n) is 2.09. The van der Waals surface area contributed by atoms with Crippen LogP contribution in [0.2, 0.25) is 0 Å². The molecule has 116 valence electrons. The summed E-state index contributed by atoms with van der Waals surface area (Å²) in [7, 11) is 0. The molecule has 0 bridgehead atoms. The molecule has 0 saturated carbocycles. The topological polar surface area (TPSA) is 80.2 Å². The number of amides is 1. The highest BCUT2D eigenvalue weighted by Crippen LogP contribution is 2.21. The molecule has 3 heterocycles. The Morgan fingerprint density at radius 2 is 2.05 bits per heavy atom. The number of aryl methyl sites for hydroxylation is 2. The number of carbonyl (C=O) groups is 1. The minimum atomic E-state index is -0.297. The molecule has 1 aliphatic rings. The monoisotopic (exact) mass is 319 g/mol. The van der Waals surface area contributed by atoms with Gasteiger partial charge in [-0.2, -0.15) is 0 Å². The molecule has 0 radical (unpaired) electrons. The van der Waals surface area contributed by atoms with E-state index in [1.807, 2.05) is 19.9 Å². The van der Waals surface area contributed by atoms with Gasteiger partial charge < -0.3 is 9.64 Å². The Bertz CT molecular complexity index is 645. The normalized spacial score (nSPS) is 14.9. The Morgan fingerprint density at radius 3 is 2.64 bits per heavy atom. The molecule has 0 spiro atoms. The molecule has 8 heteroatoms. The van der Waals surface area contributed by atoms with Crippen molar-refractivity contribution in [1.29, 1.82) is 0 Å². The molecule has 0 aliphatic carbocycles. The van der Waals surface area contributed by atoms with Crippen LogP contribution in [0.5, 0.6) is 0 Å². The van der Waals surface area contributed by atoms with E-state index in [9.17, 15) is 4.79 Å². The molecule has 1 amide bonds. The van der Waals surface area contributed by atoms with E-state index in [1.54, 1.807) is 6.07 Å². The van der Waals surface area contributed by atoms with Gasteiger partial charge in [-0.05, 0) is 26.0 Å². The van der Waals surface area contributed by atoms with Crippen LogP contribution in [0.15, 0.2) is 12.1 Å². The lowest BCUT2D eigenvalue weighted by molar-refractivity contribution is 0.102. The largest absolute Gasteiger partial charge is 0.378 e. The second kappa shape index (κ2) is 6.37. The zero-order valence-corrected chi connectivity index (χ0v) is 13.3. The van der Waals surface area contributed by atoms with Gasteiger partial charge in [0.1, 0.15) is 0 Å². The molecule has 2 aromatic heterocycles. The van der Waals surface area contributed by atoms with Gasteiger partial charge >= 0.3 is 0 Å². The number of morpholine rings is 1. The van der Waals surface area contributed by atoms with Crippen molar-refractivity contribution in [2.75, 3.05) is 36.5 Å². The average molecular weight is 319 g/mol. The summed E-state index contributed by atoms with van der Waals surface area (Å²) in [6, 6.07) is 3.49. The maximum atomic E-state index is 12.1. The molecule has 1 N–H and O–H groups in total. The number of hydrogen-bond donors (Lipinski definition) is 1. The third-order valence-electron chi connectivity index (χ3n) is 3.47. The fourth-order valence-corrected chi connectivity index (χ4v) is 2.90. The van der Waals surface area contributed by atoms with Crippen LogP contribution in [0.4, 0.5) is 10.9 Å².